The maximum Gasteiger partial charge on any atom is 0.249 e. The number of carbonyl (C=O) groups excluding carboxylic acids is 1. The van der Waals surface area contributed by atoms with Gasteiger partial charge >= 0.3 is 0 Å². The lowest BCUT2D eigenvalue weighted by atomic mass is 10.2. The Bertz CT molecular complexity index is 730. The average Bonchev–Trinajstić information content (AvgIpc) is 3.12. The maximum atomic E-state index is 12.9. The van der Waals surface area contributed by atoms with Crippen molar-refractivity contribution < 1.29 is 13.7 Å². The molecule has 1 amide bonds. The van der Waals surface area contributed by atoms with Crippen LogP contribution in [0.4, 0.5) is 4.39 Å². The Labute approximate surface area is 143 Å². The Kier molecular flexibility index (Phi) is 4.26. The third-order valence-electron chi connectivity index (χ3n) is 4.43. The van der Waals surface area contributed by atoms with Gasteiger partial charge in [-0.15, -0.1) is 11.8 Å². The van der Waals surface area contributed by atoms with Crippen LogP contribution in [0.15, 0.2) is 33.7 Å². The molecule has 1 atom stereocenters. The molecule has 7 heteroatoms. The summed E-state index contributed by atoms with van der Waals surface area (Å²) in [5.74, 6) is 1.90. The third-order valence-corrected chi connectivity index (χ3v) is 5.43. The van der Waals surface area contributed by atoms with Gasteiger partial charge in [0, 0.05) is 17.4 Å². The van der Waals surface area contributed by atoms with E-state index in [0.717, 1.165) is 36.4 Å². The molecular weight excluding hydrogens is 329 g/mol. The quantitative estimate of drug-likeness (QED) is 0.774. The number of carbonyl (C=O) groups is 1. The van der Waals surface area contributed by atoms with Gasteiger partial charge in [-0.05, 0) is 49.9 Å². The number of nitrogens with zero attached hydrogens (tertiary/aromatic N) is 3. The topological polar surface area (TPSA) is 59.2 Å². The van der Waals surface area contributed by atoms with E-state index < -0.39 is 0 Å². The van der Waals surface area contributed by atoms with Gasteiger partial charge in [0.15, 0.2) is 5.82 Å². The molecule has 1 aromatic carbocycles. The highest BCUT2D eigenvalue weighted by Crippen LogP contribution is 2.39. The molecule has 1 aliphatic heterocycles. The predicted molar refractivity (Wildman–Crippen MR) is 87.1 cm³/mol. The van der Waals surface area contributed by atoms with Gasteiger partial charge in [-0.2, -0.15) is 4.98 Å². The van der Waals surface area contributed by atoms with E-state index in [-0.39, 0.29) is 17.8 Å². The number of hydrogen-bond acceptors (Lipinski definition) is 5. The Hall–Kier alpha value is -1.89. The van der Waals surface area contributed by atoms with Gasteiger partial charge in [-0.3, -0.25) is 4.79 Å². The lowest BCUT2D eigenvalue weighted by molar-refractivity contribution is -0.129. The summed E-state index contributed by atoms with van der Waals surface area (Å²) in [7, 11) is 0. The lowest BCUT2D eigenvalue weighted by Gasteiger charge is -2.21. The molecule has 1 unspecified atom stereocenters. The first-order valence-electron chi connectivity index (χ1n) is 8.22. The molecule has 1 saturated carbocycles. The van der Waals surface area contributed by atoms with Crippen molar-refractivity contribution in [2.75, 3.05) is 12.3 Å². The molecule has 1 aliphatic carbocycles. The Morgan fingerprint density at radius 3 is 2.83 bits per heavy atom. The summed E-state index contributed by atoms with van der Waals surface area (Å²) in [6.07, 6.45) is 4.05. The smallest absolute Gasteiger partial charge is 0.249 e. The average molecular weight is 347 g/mol. The highest BCUT2D eigenvalue weighted by molar-refractivity contribution is 8.00. The van der Waals surface area contributed by atoms with Crippen LogP contribution in [-0.4, -0.2) is 33.2 Å². The third kappa shape index (κ3) is 3.31. The Morgan fingerprint density at radius 1 is 1.29 bits per heavy atom. The van der Waals surface area contributed by atoms with Gasteiger partial charge in [0.2, 0.25) is 11.8 Å². The molecule has 0 spiro atoms. The molecule has 24 heavy (non-hydrogen) atoms. The fourth-order valence-electron chi connectivity index (χ4n) is 2.97. The number of thioether (sulfide) groups is 1. The van der Waals surface area contributed by atoms with E-state index in [1.807, 2.05) is 4.90 Å². The zero-order chi connectivity index (χ0) is 16.5. The van der Waals surface area contributed by atoms with E-state index in [1.54, 1.807) is 12.1 Å². The van der Waals surface area contributed by atoms with Gasteiger partial charge in [-0.25, -0.2) is 4.39 Å². The summed E-state index contributed by atoms with van der Waals surface area (Å²) in [4.78, 5) is 19.8. The monoisotopic (exact) mass is 347 g/mol. The highest BCUT2D eigenvalue weighted by Gasteiger charge is 2.36. The summed E-state index contributed by atoms with van der Waals surface area (Å²) in [5.41, 5.74) is 0. The molecule has 4 rings (SSSR count). The van der Waals surface area contributed by atoms with Crippen LogP contribution >= 0.6 is 11.8 Å². The van der Waals surface area contributed by atoms with Crippen LogP contribution < -0.4 is 0 Å². The molecule has 2 aromatic rings. The summed E-state index contributed by atoms with van der Waals surface area (Å²) >= 11 is 1.42. The largest absolute Gasteiger partial charge is 0.337 e. The van der Waals surface area contributed by atoms with Gasteiger partial charge in [0.05, 0.1) is 5.75 Å². The van der Waals surface area contributed by atoms with E-state index in [9.17, 15) is 9.18 Å². The molecule has 2 fully saturated rings. The van der Waals surface area contributed by atoms with Crippen molar-refractivity contribution in [1.29, 1.82) is 0 Å². The van der Waals surface area contributed by atoms with E-state index in [4.69, 9.17) is 4.52 Å². The molecule has 126 valence electrons. The number of halogens is 1. The minimum atomic E-state index is -0.270. The van der Waals surface area contributed by atoms with Crippen molar-refractivity contribution in [3.8, 4) is 0 Å². The molecule has 1 aromatic heterocycles. The van der Waals surface area contributed by atoms with Crippen molar-refractivity contribution >= 4 is 17.7 Å². The van der Waals surface area contributed by atoms with Gasteiger partial charge in [0.1, 0.15) is 11.9 Å². The van der Waals surface area contributed by atoms with Crippen LogP contribution in [0.5, 0.6) is 0 Å². The molecule has 1 saturated heterocycles. The number of likely N-dealkylation sites (tertiary alicyclic amines) is 1. The molecule has 0 radical (unpaired) electrons. The minimum Gasteiger partial charge on any atom is -0.337 e. The summed E-state index contributed by atoms with van der Waals surface area (Å²) in [6.45, 7) is 0.717. The van der Waals surface area contributed by atoms with Crippen LogP contribution in [-0.2, 0) is 4.79 Å². The second-order valence-corrected chi connectivity index (χ2v) is 7.30. The number of aromatic nitrogens is 2. The van der Waals surface area contributed by atoms with Crippen molar-refractivity contribution in [1.82, 2.24) is 15.0 Å². The van der Waals surface area contributed by atoms with Crippen LogP contribution in [0.25, 0.3) is 0 Å². The SMILES string of the molecule is O=C(CSc1ccc(F)cc1)N1CCCC1c1nc(C2CC2)no1. The molecule has 0 bridgehead atoms. The maximum absolute atomic E-state index is 12.9. The van der Waals surface area contributed by atoms with Crippen LogP contribution in [0.2, 0.25) is 0 Å². The predicted octanol–water partition coefficient (Wildman–Crippen LogP) is 3.54. The van der Waals surface area contributed by atoms with Crippen molar-refractivity contribution in [2.24, 2.45) is 0 Å². The Morgan fingerprint density at radius 2 is 2.08 bits per heavy atom. The first kappa shape index (κ1) is 15.6. The highest BCUT2D eigenvalue weighted by atomic mass is 32.2. The zero-order valence-corrected chi connectivity index (χ0v) is 14.0. The van der Waals surface area contributed by atoms with Gasteiger partial charge in [0.25, 0.3) is 0 Å². The second-order valence-electron chi connectivity index (χ2n) is 6.25. The molecule has 0 N–H and O–H groups in total. The molecule has 2 heterocycles. The van der Waals surface area contributed by atoms with E-state index in [1.165, 1.54) is 23.9 Å². The fourth-order valence-corrected chi connectivity index (χ4v) is 3.76. The first-order chi connectivity index (χ1) is 11.7. The number of hydrogen-bond donors (Lipinski definition) is 0. The Balaban J connectivity index is 1.39. The normalized spacial score (nSPS) is 20.5. The molecule has 2 aliphatic rings. The minimum absolute atomic E-state index is 0.0537. The van der Waals surface area contributed by atoms with Crippen molar-refractivity contribution in [3.05, 3.63) is 41.8 Å². The van der Waals surface area contributed by atoms with Gasteiger partial charge in [-0.1, -0.05) is 5.16 Å². The number of rotatable bonds is 5. The van der Waals surface area contributed by atoms with Crippen molar-refractivity contribution in [2.45, 2.75) is 42.5 Å². The van der Waals surface area contributed by atoms with E-state index in [0.29, 0.717) is 24.1 Å². The molecule has 5 nitrogen and oxygen atoms in total. The van der Waals surface area contributed by atoms with Crippen molar-refractivity contribution in [3.63, 3.8) is 0 Å². The standard InChI is InChI=1S/C17H18FN3O2S/c18-12-5-7-13(8-6-12)24-10-15(22)21-9-1-2-14(21)17-19-16(20-23-17)11-3-4-11/h5-8,11,14H,1-4,9-10H2. The fraction of sp³-hybridized carbons (Fsp3) is 0.471. The van der Waals surface area contributed by atoms with Crippen LogP contribution in [0, 0.1) is 5.82 Å². The lowest BCUT2D eigenvalue weighted by Crippen LogP contribution is -2.32. The van der Waals surface area contributed by atoms with Crippen LogP contribution in [0.3, 0.4) is 0 Å². The molecular formula is C17H18FN3O2S. The summed E-state index contributed by atoms with van der Waals surface area (Å²) in [6, 6.07) is 6.09. The van der Waals surface area contributed by atoms with E-state index >= 15 is 0 Å². The second kappa shape index (κ2) is 6.55. The zero-order valence-electron chi connectivity index (χ0n) is 13.2. The number of amides is 1. The van der Waals surface area contributed by atoms with Crippen LogP contribution in [0.1, 0.15) is 49.4 Å². The first-order valence-corrected chi connectivity index (χ1v) is 9.20. The van der Waals surface area contributed by atoms with Gasteiger partial charge < -0.3 is 9.42 Å². The summed E-state index contributed by atoms with van der Waals surface area (Å²) < 4.78 is 18.3. The van der Waals surface area contributed by atoms with E-state index in [2.05, 4.69) is 10.1 Å². The number of benzene rings is 1. The summed E-state index contributed by atoms with van der Waals surface area (Å²) in [5, 5.41) is 4.05.